The minimum atomic E-state index is -1.20. The van der Waals surface area contributed by atoms with Crippen LogP contribution in [0.3, 0.4) is 0 Å². The lowest BCUT2D eigenvalue weighted by atomic mass is 9.69. The van der Waals surface area contributed by atoms with Gasteiger partial charge in [-0.25, -0.2) is 4.79 Å². The minimum Gasteiger partial charge on any atom is -0.496 e. The van der Waals surface area contributed by atoms with Gasteiger partial charge in [0.2, 0.25) is 0 Å². The van der Waals surface area contributed by atoms with Crippen molar-refractivity contribution < 1.29 is 19.4 Å². The molecule has 2 N–H and O–H groups in total. The van der Waals surface area contributed by atoms with E-state index < -0.39 is 6.16 Å². The normalized spacial score (nSPS) is 24.3. The van der Waals surface area contributed by atoms with Gasteiger partial charge >= 0.3 is 6.16 Å². The number of ether oxygens (including phenoxy) is 2. The fourth-order valence-corrected chi connectivity index (χ4v) is 6.61. The van der Waals surface area contributed by atoms with Gasteiger partial charge in [-0.2, -0.15) is 0 Å². The van der Waals surface area contributed by atoms with E-state index >= 15 is 0 Å². The Morgan fingerprint density at radius 1 is 1.05 bits per heavy atom. The summed E-state index contributed by atoms with van der Waals surface area (Å²) in [7, 11) is 1.72. The Morgan fingerprint density at radius 3 is 2.34 bits per heavy atom. The Bertz CT molecular complexity index is 1160. The van der Waals surface area contributed by atoms with Gasteiger partial charge in [0.25, 0.3) is 0 Å². The number of rotatable bonds is 10. The van der Waals surface area contributed by atoms with Crippen molar-refractivity contribution in [1.29, 1.82) is 0 Å². The SMILES string of the molecule is CCCc1ccc(OC)c(CN[C@H]2[C@@H]3CCN(C[C@@H]3OC(=O)O)[C@H]2C(c2ccccc2)c2ccccc2)c1. The average Bonchev–Trinajstić information content (AvgIpc) is 2.94. The van der Waals surface area contributed by atoms with Crippen LogP contribution >= 0.6 is 0 Å². The standard InChI is InChI=1S/C32H38N2O4/c1-3-10-22-15-16-27(37-2)25(19-22)20-33-30-26-17-18-34(21-28(26)38-32(35)36)31(30)29(23-11-6-4-7-12-23)24-13-8-5-9-14-24/h4-9,11-16,19,26,28-31,33H,3,10,17-18,20-21H2,1-2H3,(H,35,36)/t26-,28+,30+,31+/m1/s1. The molecule has 3 aliphatic rings. The summed E-state index contributed by atoms with van der Waals surface area (Å²) in [6.07, 6.45) is 1.46. The molecule has 6 nitrogen and oxygen atoms in total. The summed E-state index contributed by atoms with van der Waals surface area (Å²) < 4.78 is 11.2. The first-order valence-electron chi connectivity index (χ1n) is 13.7. The zero-order valence-corrected chi connectivity index (χ0v) is 22.3. The van der Waals surface area contributed by atoms with Crippen molar-refractivity contribution in [2.75, 3.05) is 20.2 Å². The third-order valence-corrected chi connectivity index (χ3v) is 8.22. The molecule has 38 heavy (non-hydrogen) atoms. The van der Waals surface area contributed by atoms with Crippen molar-refractivity contribution in [2.45, 2.75) is 56.8 Å². The Labute approximate surface area is 225 Å². The summed E-state index contributed by atoms with van der Waals surface area (Å²) in [4.78, 5) is 14.0. The van der Waals surface area contributed by atoms with Crippen LogP contribution < -0.4 is 10.1 Å². The maximum absolute atomic E-state index is 11.6. The molecule has 3 heterocycles. The molecular formula is C32H38N2O4. The van der Waals surface area contributed by atoms with E-state index in [4.69, 9.17) is 9.47 Å². The molecule has 0 spiro atoms. The smallest absolute Gasteiger partial charge is 0.496 e. The highest BCUT2D eigenvalue weighted by Gasteiger charge is 2.51. The first-order valence-corrected chi connectivity index (χ1v) is 13.7. The molecule has 6 rings (SSSR count). The van der Waals surface area contributed by atoms with Crippen LogP contribution in [0.15, 0.2) is 78.9 Å². The number of hydrogen-bond acceptors (Lipinski definition) is 5. The molecule has 3 saturated heterocycles. The second-order valence-electron chi connectivity index (χ2n) is 10.5. The van der Waals surface area contributed by atoms with E-state index in [1.54, 1.807) is 7.11 Å². The lowest BCUT2D eigenvalue weighted by Crippen LogP contribution is -2.69. The summed E-state index contributed by atoms with van der Waals surface area (Å²) in [6.45, 7) is 4.38. The molecule has 0 radical (unpaired) electrons. The number of aryl methyl sites for hydroxylation is 1. The predicted molar refractivity (Wildman–Crippen MR) is 149 cm³/mol. The van der Waals surface area contributed by atoms with Crippen LogP contribution in [0.2, 0.25) is 0 Å². The molecule has 6 heteroatoms. The number of carbonyl (C=O) groups is 1. The van der Waals surface area contributed by atoms with E-state index in [-0.39, 0.29) is 30.0 Å². The minimum absolute atomic E-state index is 0.0341. The maximum atomic E-state index is 11.6. The lowest BCUT2D eigenvalue weighted by Gasteiger charge is -2.56. The molecule has 5 atom stereocenters. The highest BCUT2D eigenvalue weighted by molar-refractivity contribution is 5.57. The fourth-order valence-electron chi connectivity index (χ4n) is 6.61. The molecule has 2 bridgehead atoms. The van der Waals surface area contributed by atoms with E-state index in [2.05, 4.69) is 96.0 Å². The molecule has 3 aromatic carbocycles. The Morgan fingerprint density at radius 2 is 1.74 bits per heavy atom. The summed E-state index contributed by atoms with van der Waals surface area (Å²) in [5.41, 5.74) is 4.96. The molecule has 3 fully saturated rings. The maximum Gasteiger partial charge on any atom is 0.506 e. The van der Waals surface area contributed by atoms with Gasteiger partial charge in [0.15, 0.2) is 0 Å². The summed E-state index contributed by atoms with van der Waals surface area (Å²) in [6, 6.07) is 28.0. The molecule has 0 saturated carbocycles. The van der Waals surface area contributed by atoms with E-state index in [1.165, 1.54) is 16.7 Å². The van der Waals surface area contributed by atoms with Gasteiger partial charge < -0.3 is 19.9 Å². The van der Waals surface area contributed by atoms with Crippen LogP contribution in [-0.4, -0.2) is 54.5 Å². The number of benzene rings is 3. The van der Waals surface area contributed by atoms with Gasteiger partial charge in [-0.1, -0.05) is 86.1 Å². The average molecular weight is 515 g/mol. The Balaban J connectivity index is 1.52. The number of piperidine rings is 3. The van der Waals surface area contributed by atoms with E-state index in [0.717, 1.165) is 37.1 Å². The topological polar surface area (TPSA) is 71.0 Å². The summed E-state index contributed by atoms with van der Waals surface area (Å²) in [5.74, 6) is 1.09. The summed E-state index contributed by atoms with van der Waals surface area (Å²) >= 11 is 0. The zero-order chi connectivity index (χ0) is 26.5. The van der Waals surface area contributed by atoms with Crippen LogP contribution in [-0.2, 0) is 17.7 Å². The molecule has 0 amide bonds. The highest BCUT2D eigenvalue weighted by atomic mass is 16.7. The molecule has 0 aliphatic carbocycles. The van der Waals surface area contributed by atoms with E-state index in [0.29, 0.717) is 13.1 Å². The van der Waals surface area contributed by atoms with Crippen LogP contribution in [0.4, 0.5) is 4.79 Å². The number of fused-ring (bicyclic) bond motifs is 3. The van der Waals surface area contributed by atoms with Gasteiger partial charge in [0, 0.05) is 42.6 Å². The number of hydrogen-bond donors (Lipinski definition) is 2. The highest BCUT2D eigenvalue weighted by Crippen LogP contribution is 2.43. The second kappa shape index (κ2) is 12.0. The van der Waals surface area contributed by atoms with E-state index in [9.17, 15) is 9.90 Å². The van der Waals surface area contributed by atoms with E-state index in [1.807, 2.05) is 0 Å². The second-order valence-corrected chi connectivity index (χ2v) is 10.5. The van der Waals surface area contributed by atoms with Gasteiger partial charge in [0.05, 0.1) is 7.11 Å². The third kappa shape index (κ3) is 5.57. The van der Waals surface area contributed by atoms with Crippen LogP contribution in [0, 0.1) is 5.92 Å². The molecule has 3 aromatic rings. The predicted octanol–water partition coefficient (Wildman–Crippen LogP) is 5.71. The van der Waals surface area contributed by atoms with Crippen molar-refractivity contribution in [2.24, 2.45) is 5.92 Å². The van der Waals surface area contributed by atoms with Crippen molar-refractivity contribution in [3.8, 4) is 5.75 Å². The number of nitrogens with one attached hydrogen (secondary N) is 1. The number of methoxy groups -OCH3 is 1. The molecule has 1 unspecified atom stereocenters. The van der Waals surface area contributed by atoms with Crippen LogP contribution in [0.1, 0.15) is 47.9 Å². The van der Waals surface area contributed by atoms with Gasteiger partial charge in [-0.3, -0.25) is 4.90 Å². The number of carboxylic acid groups (broad SMARTS) is 1. The first-order chi connectivity index (χ1) is 18.6. The molecule has 200 valence electrons. The van der Waals surface area contributed by atoms with Crippen molar-refractivity contribution >= 4 is 6.16 Å². The van der Waals surface area contributed by atoms with Crippen molar-refractivity contribution in [1.82, 2.24) is 10.2 Å². The van der Waals surface area contributed by atoms with Gasteiger partial charge in [-0.15, -0.1) is 0 Å². The molecule has 0 aromatic heterocycles. The van der Waals surface area contributed by atoms with Gasteiger partial charge in [0.1, 0.15) is 11.9 Å². The first kappa shape index (κ1) is 26.3. The fraction of sp³-hybridized carbons (Fsp3) is 0.406. The largest absolute Gasteiger partial charge is 0.506 e. The number of nitrogens with zero attached hydrogens (tertiary/aromatic N) is 1. The van der Waals surface area contributed by atoms with Gasteiger partial charge in [-0.05, 0) is 42.1 Å². The molecular weight excluding hydrogens is 476 g/mol. The molecule has 3 aliphatic heterocycles. The monoisotopic (exact) mass is 514 g/mol. The quantitative estimate of drug-likeness (QED) is 0.338. The van der Waals surface area contributed by atoms with Crippen LogP contribution in [0.25, 0.3) is 0 Å². The third-order valence-electron chi connectivity index (χ3n) is 8.22. The lowest BCUT2D eigenvalue weighted by molar-refractivity contribution is -0.0951. The zero-order valence-electron chi connectivity index (χ0n) is 22.3. The van der Waals surface area contributed by atoms with Crippen molar-refractivity contribution in [3.63, 3.8) is 0 Å². The van der Waals surface area contributed by atoms with Crippen molar-refractivity contribution in [3.05, 3.63) is 101 Å². The van der Waals surface area contributed by atoms with Crippen LogP contribution in [0.5, 0.6) is 5.75 Å². The Kier molecular flexibility index (Phi) is 8.30. The Hall–Kier alpha value is -3.35. The summed E-state index contributed by atoms with van der Waals surface area (Å²) in [5, 5.41) is 13.4.